The van der Waals surface area contributed by atoms with Gasteiger partial charge in [0.15, 0.2) is 5.76 Å². The van der Waals surface area contributed by atoms with E-state index in [1.54, 1.807) is 25.3 Å². The standard InChI is InChI=1S/C13H17N3O4/c1-3-16(9-12(17)18-4-2)8-11-14-13(15-20-11)10-6-5-7-19-10/h5-7H,3-4,8-9H2,1-2H3. The fourth-order valence-electron chi connectivity index (χ4n) is 1.68. The van der Waals surface area contributed by atoms with E-state index in [4.69, 9.17) is 13.7 Å². The first kappa shape index (κ1) is 14.3. The molecule has 0 amide bonds. The third kappa shape index (κ3) is 3.67. The highest BCUT2D eigenvalue weighted by molar-refractivity contribution is 5.71. The van der Waals surface area contributed by atoms with Crippen LogP contribution in [0.2, 0.25) is 0 Å². The smallest absolute Gasteiger partial charge is 0.320 e. The van der Waals surface area contributed by atoms with Crippen molar-refractivity contribution in [1.29, 1.82) is 0 Å². The molecular weight excluding hydrogens is 262 g/mol. The summed E-state index contributed by atoms with van der Waals surface area (Å²) in [5, 5.41) is 3.84. The van der Waals surface area contributed by atoms with Crippen molar-refractivity contribution in [2.24, 2.45) is 0 Å². The molecule has 0 bridgehead atoms. The van der Waals surface area contributed by atoms with Gasteiger partial charge in [0.2, 0.25) is 11.7 Å². The van der Waals surface area contributed by atoms with E-state index < -0.39 is 0 Å². The summed E-state index contributed by atoms with van der Waals surface area (Å²) in [5.41, 5.74) is 0. The monoisotopic (exact) mass is 279 g/mol. The number of esters is 1. The molecule has 0 radical (unpaired) electrons. The summed E-state index contributed by atoms with van der Waals surface area (Å²) < 4.78 is 15.2. The zero-order valence-corrected chi connectivity index (χ0v) is 11.5. The molecule has 7 nitrogen and oxygen atoms in total. The summed E-state index contributed by atoms with van der Waals surface area (Å²) in [6.45, 7) is 5.37. The van der Waals surface area contributed by atoms with Crippen LogP contribution in [0.5, 0.6) is 0 Å². The van der Waals surface area contributed by atoms with Crippen molar-refractivity contribution >= 4 is 5.97 Å². The average molecular weight is 279 g/mol. The molecule has 2 heterocycles. The molecular formula is C13H17N3O4. The third-order valence-electron chi connectivity index (χ3n) is 2.67. The zero-order valence-electron chi connectivity index (χ0n) is 11.5. The quantitative estimate of drug-likeness (QED) is 0.713. The van der Waals surface area contributed by atoms with E-state index in [2.05, 4.69) is 10.1 Å². The molecule has 0 N–H and O–H groups in total. The average Bonchev–Trinajstić information content (AvgIpc) is 3.08. The van der Waals surface area contributed by atoms with E-state index >= 15 is 0 Å². The first-order valence-corrected chi connectivity index (χ1v) is 6.47. The molecule has 7 heteroatoms. The molecule has 2 rings (SSSR count). The lowest BCUT2D eigenvalue weighted by molar-refractivity contribution is -0.144. The van der Waals surface area contributed by atoms with Crippen molar-refractivity contribution in [2.75, 3.05) is 19.7 Å². The number of hydrogen-bond acceptors (Lipinski definition) is 7. The molecule has 0 fully saturated rings. The minimum Gasteiger partial charge on any atom is -0.465 e. The van der Waals surface area contributed by atoms with Gasteiger partial charge in [-0.2, -0.15) is 4.98 Å². The van der Waals surface area contributed by atoms with Crippen molar-refractivity contribution < 1.29 is 18.5 Å². The predicted molar refractivity (Wildman–Crippen MR) is 69.6 cm³/mol. The molecule has 108 valence electrons. The lowest BCUT2D eigenvalue weighted by Crippen LogP contribution is -2.30. The molecule has 0 aliphatic rings. The Morgan fingerprint density at radius 1 is 1.45 bits per heavy atom. The molecule has 0 aliphatic carbocycles. The Morgan fingerprint density at radius 2 is 2.30 bits per heavy atom. The Labute approximate surface area is 116 Å². The van der Waals surface area contributed by atoms with Gasteiger partial charge >= 0.3 is 5.97 Å². The number of carbonyl (C=O) groups is 1. The lowest BCUT2D eigenvalue weighted by atomic mass is 10.4. The predicted octanol–water partition coefficient (Wildman–Crippen LogP) is 1.71. The van der Waals surface area contributed by atoms with Crippen molar-refractivity contribution in [3.05, 3.63) is 24.3 Å². The summed E-state index contributed by atoms with van der Waals surface area (Å²) >= 11 is 0. The van der Waals surface area contributed by atoms with E-state index in [1.165, 1.54) is 0 Å². The summed E-state index contributed by atoms with van der Waals surface area (Å²) in [7, 11) is 0. The van der Waals surface area contributed by atoms with Gasteiger partial charge in [0, 0.05) is 0 Å². The van der Waals surface area contributed by atoms with Crippen LogP contribution in [0.1, 0.15) is 19.7 Å². The van der Waals surface area contributed by atoms with Crippen LogP contribution < -0.4 is 0 Å². The largest absolute Gasteiger partial charge is 0.465 e. The van der Waals surface area contributed by atoms with Crippen LogP contribution in [0, 0.1) is 0 Å². The van der Waals surface area contributed by atoms with Crippen molar-refractivity contribution in [1.82, 2.24) is 15.0 Å². The molecule has 20 heavy (non-hydrogen) atoms. The van der Waals surface area contributed by atoms with Gasteiger partial charge < -0.3 is 13.7 Å². The summed E-state index contributed by atoms with van der Waals surface area (Å²) in [5.74, 6) is 1.12. The van der Waals surface area contributed by atoms with E-state index in [9.17, 15) is 4.79 Å². The Balaban J connectivity index is 1.96. The summed E-state index contributed by atoms with van der Waals surface area (Å²) in [6.07, 6.45) is 1.55. The van der Waals surface area contributed by atoms with Crippen LogP contribution in [0.15, 0.2) is 27.3 Å². The molecule has 0 spiro atoms. The number of nitrogens with zero attached hydrogens (tertiary/aromatic N) is 3. The fraction of sp³-hybridized carbons (Fsp3) is 0.462. The highest BCUT2D eigenvalue weighted by atomic mass is 16.5. The number of rotatable bonds is 7. The van der Waals surface area contributed by atoms with Crippen molar-refractivity contribution in [3.63, 3.8) is 0 Å². The molecule has 0 atom stereocenters. The van der Waals surface area contributed by atoms with Crippen molar-refractivity contribution in [2.45, 2.75) is 20.4 Å². The van der Waals surface area contributed by atoms with E-state index in [0.29, 0.717) is 37.2 Å². The third-order valence-corrected chi connectivity index (χ3v) is 2.67. The van der Waals surface area contributed by atoms with Crippen LogP contribution in [0.3, 0.4) is 0 Å². The minimum absolute atomic E-state index is 0.197. The Morgan fingerprint density at radius 3 is 2.95 bits per heavy atom. The maximum atomic E-state index is 11.4. The Bertz CT molecular complexity index is 536. The fourth-order valence-corrected chi connectivity index (χ4v) is 1.68. The first-order valence-electron chi connectivity index (χ1n) is 6.47. The van der Waals surface area contributed by atoms with Gasteiger partial charge in [0.1, 0.15) is 0 Å². The molecule has 0 aromatic carbocycles. The Kier molecular flexibility index (Phi) is 4.89. The van der Waals surface area contributed by atoms with Gasteiger partial charge in [-0.3, -0.25) is 9.69 Å². The van der Waals surface area contributed by atoms with Crippen molar-refractivity contribution in [3.8, 4) is 11.6 Å². The minimum atomic E-state index is -0.264. The normalized spacial score (nSPS) is 10.9. The molecule has 0 unspecified atom stereocenters. The Hall–Kier alpha value is -2.15. The summed E-state index contributed by atoms with van der Waals surface area (Å²) in [4.78, 5) is 17.5. The maximum absolute atomic E-state index is 11.4. The van der Waals surface area contributed by atoms with E-state index in [0.717, 1.165) is 0 Å². The zero-order chi connectivity index (χ0) is 14.4. The topological polar surface area (TPSA) is 81.6 Å². The second kappa shape index (κ2) is 6.85. The second-order valence-electron chi connectivity index (χ2n) is 4.10. The van der Waals surface area contributed by atoms with Gasteiger partial charge in [0.25, 0.3) is 0 Å². The molecule has 2 aromatic heterocycles. The number of carbonyl (C=O) groups excluding carboxylic acids is 1. The highest BCUT2D eigenvalue weighted by Gasteiger charge is 2.16. The molecule has 0 aliphatic heterocycles. The summed E-state index contributed by atoms with van der Waals surface area (Å²) in [6, 6.07) is 3.51. The van der Waals surface area contributed by atoms with Gasteiger partial charge in [0.05, 0.1) is 26.0 Å². The van der Waals surface area contributed by atoms with Crippen LogP contribution in [-0.4, -0.2) is 40.7 Å². The molecule has 0 saturated heterocycles. The SMILES string of the molecule is CCOC(=O)CN(CC)Cc1nc(-c2ccco2)no1. The van der Waals surface area contributed by atoms with Crippen LogP contribution in [0.4, 0.5) is 0 Å². The number of hydrogen-bond donors (Lipinski definition) is 0. The molecule has 0 saturated carbocycles. The van der Waals surface area contributed by atoms with Gasteiger partial charge in [-0.25, -0.2) is 0 Å². The van der Waals surface area contributed by atoms with Gasteiger partial charge in [-0.05, 0) is 25.6 Å². The van der Waals surface area contributed by atoms with E-state index in [1.807, 2.05) is 11.8 Å². The van der Waals surface area contributed by atoms with Gasteiger partial charge in [-0.1, -0.05) is 12.1 Å². The number of aromatic nitrogens is 2. The first-order chi connectivity index (χ1) is 9.72. The second-order valence-corrected chi connectivity index (χ2v) is 4.10. The number of likely N-dealkylation sites (N-methyl/N-ethyl adjacent to an activating group) is 1. The lowest BCUT2D eigenvalue weighted by Gasteiger charge is -2.16. The molecule has 2 aromatic rings. The van der Waals surface area contributed by atoms with Crippen LogP contribution in [-0.2, 0) is 16.1 Å². The maximum Gasteiger partial charge on any atom is 0.320 e. The van der Waals surface area contributed by atoms with Gasteiger partial charge in [-0.15, -0.1) is 0 Å². The highest BCUT2D eigenvalue weighted by Crippen LogP contribution is 2.16. The van der Waals surface area contributed by atoms with Crippen LogP contribution in [0.25, 0.3) is 11.6 Å². The van der Waals surface area contributed by atoms with Crippen LogP contribution >= 0.6 is 0 Å². The number of furan rings is 1. The van der Waals surface area contributed by atoms with E-state index in [-0.39, 0.29) is 12.5 Å². The number of ether oxygens (including phenoxy) is 1.